The van der Waals surface area contributed by atoms with Crippen molar-refractivity contribution in [3.63, 3.8) is 0 Å². The lowest BCUT2D eigenvalue weighted by atomic mass is 10.1. The molecular weight excluding hydrogens is 370 g/mol. The Morgan fingerprint density at radius 2 is 2.00 bits per heavy atom. The number of rotatable bonds is 5. The fraction of sp³-hybridized carbons (Fsp3) is 0.571. The minimum absolute atomic E-state index is 0.247. The molecule has 0 bridgehead atoms. The molecule has 2 saturated heterocycles. The van der Waals surface area contributed by atoms with Gasteiger partial charge in [0.05, 0.1) is 7.11 Å². The molecule has 0 aromatic heterocycles. The number of nitrogens with one attached hydrogen (secondary N) is 2. The van der Waals surface area contributed by atoms with Crippen molar-refractivity contribution in [3.8, 4) is 0 Å². The van der Waals surface area contributed by atoms with Crippen molar-refractivity contribution in [1.82, 2.24) is 20.4 Å². The van der Waals surface area contributed by atoms with Gasteiger partial charge in [-0.2, -0.15) is 0 Å². The molecule has 158 valence electrons. The predicted molar refractivity (Wildman–Crippen MR) is 111 cm³/mol. The Bertz CT molecular complexity index is 744. The Morgan fingerprint density at radius 1 is 1.24 bits per heavy atom. The topological polar surface area (TPSA) is 86.3 Å². The van der Waals surface area contributed by atoms with E-state index in [1.807, 2.05) is 11.0 Å². The summed E-state index contributed by atoms with van der Waals surface area (Å²) < 4.78 is 4.78. The molecule has 1 aromatic rings. The third kappa shape index (κ3) is 5.85. The van der Waals surface area contributed by atoms with Gasteiger partial charge in [0, 0.05) is 52.2 Å². The molecule has 1 aromatic carbocycles. The number of carbonyl (C=O) groups is 2. The van der Waals surface area contributed by atoms with Crippen molar-refractivity contribution in [3.05, 3.63) is 35.4 Å². The monoisotopic (exact) mass is 401 g/mol. The largest absolute Gasteiger partial charge is 0.453 e. The van der Waals surface area contributed by atoms with Crippen LogP contribution in [-0.4, -0.2) is 67.6 Å². The van der Waals surface area contributed by atoms with Crippen LogP contribution >= 0.6 is 0 Å². The zero-order valence-corrected chi connectivity index (χ0v) is 17.3. The number of hydrogen-bond donors (Lipinski definition) is 2. The first kappa shape index (κ1) is 21.0. The molecule has 3 rings (SSSR count). The molecule has 0 radical (unpaired) electrons. The number of piperidine rings is 1. The molecular formula is C21H31N5O3. The molecule has 0 spiro atoms. The average Bonchev–Trinajstić information content (AvgIpc) is 3.15. The molecule has 2 aliphatic rings. The highest BCUT2D eigenvalue weighted by atomic mass is 16.5. The smallest absolute Gasteiger partial charge is 0.409 e. The molecule has 29 heavy (non-hydrogen) atoms. The summed E-state index contributed by atoms with van der Waals surface area (Å²) in [5.74, 6) is 0.998. The van der Waals surface area contributed by atoms with Crippen molar-refractivity contribution in [2.75, 3.05) is 33.8 Å². The van der Waals surface area contributed by atoms with Gasteiger partial charge in [0.15, 0.2) is 5.96 Å². The highest BCUT2D eigenvalue weighted by Crippen LogP contribution is 2.15. The Hall–Kier alpha value is -2.77. The lowest BCUT2D eigenvalue weighted by Gasteiger charge is -2.32. The lowest BCUT2D eigenvalue weighted by molar-refractivity contribution is -0.128. The Kier molecular flexibility index (Phi) is 7.32. The van der Waals surface area contributed by atoms with Gasteiger partial charge >= 0.3 is 6.09 Å². The first-order valence-corrected chi connectivity index (χ1v) is 10.2. The van der Waals surface area contributed by atoms with E-state index in [4.69, 9.17) is 4.74 Å². The third-order valence-corrected chi connectivity index (χ3v) is 5.49. The third-order valence-electron chi connectivity index (χ3n) is 5.49. The normalized spacial score (nSPS) is 18.1. The van der Waals surface area contributed by atoms with Gasteiger partial charge in [-0.25, -0.2) is 4.79 Å². The van der Waals surface area contributed by atoms with Crippen LogP contribution in [0, 0.1) is 0 Å². The van der Waals surface area contributed by atoms with Crippen LogP contribution in [0.25, 0.3) is 0 Å². The minimum atomic E-state index is -0.263. The molecule has 0 unspecified atom stereocenters. The maximum atomic E-state index is 11.8. The van der Waals surface area contributed by atoms with E-state index < -0.39 is 0 Å². The van der Waals surface area contributed by atoms with Gasteiger partial charge in [0.1, 0.15) is 0 Å². The SMILES string of the molecule is CN=C(NCc1cccc(CN2CCCC2=O)c1)NC1CCN(C(=O)OC)CC1. The average molecular weight is 402 g/mol. The van der Waals surface area contributed by atoms with Crippen LogP contribution in [0.1, 0.15) is 36.8 Å². The number of aliphatic imine (C=N–C) groups is 1. The van der Waals surface area contributed by atoms with Crippen molar-refractivity contribution < 1.29 is 14.3 Å². The second-order valence-corrected chi connectivity index (χ2v) is 7.54. The van der Waals surface area contributed by atoms with Crippen LogP contribution in [0.15, 0.2) is 29.3 Å². The minimum Gasteiger partial charge on any atom is -0.453 e. The number of ether oxygens (including phenoxy) is 1. The van der Waals surface area contributed by atoms with Gasteiger partial charge in [-0.1, -0.05) is 24.3 Å². The number of likely N-dealkylation sites (tertiary alicyclic amines) is 2. The summed E-state index contributed by atoms with van der Waals surface area (Å²) in [5, 5.41) is 6.80. The van der Waals surface area contributed by atoms with E-state index in [1.54, 1.807) is 11.9 Å². The van der Waals surface area contributed by atoms with Crippen LogP contribution in [0.4, 0.5) is 4.79 Å². The second kappa shape index (κ2) is 10.1. The number of methoxy groups -OCH3 is 1. The fourth-order valence-corrected chi connectivity index (χ4v) is 3.84. The van der Waals surface area contributed by atoms with Crippen LogP contribution in [-0.2, 0) is 22.6 Å². The number of amides is 2. The lowest BCUT2D eigenvalue weighted by Crippen LogP contribution is -2.49. The molecule has 8 heteroatoms. The summed E-state index contributed by atoms with van der Waals surface area (Å²) >= 11 is 0. The van der Waals surface area contributed by atoms with E-state index in [0.29, 0.717) is 32.6 Å². The quantitative estimate of drug-likeness (QED) is 0.579. The molecule has 0 aliphatic carbocycles. The van der Waals surface area contributed by atoms with Crippen LogP contribution < -0.4 is 10.6 Å². The predicted octanol–water partition coefficient (Wildman–Crippen LogP) is 1.70. The molecule has 2 heterocycles. The molecule has 2 fully saturated rings. The van der Waals surface area contributed by atoms with Crippen molar-refractivity contribution in [1.29, 1.82) is 0 Å². The standard InChI is InChI=1S/C21H31N5O3/c1-22-20(24-18-8-11-25(12-9-18)21(28)29-2)23-14-16-5-3-6-17(13-16)15-26-10-4-7-19(26)27/h3,5-6,13,18H,4,7-12,14-15H2,1-2H3,(H2,22,23,24). The van der Waals surface area contributed by atoms with Gasteiger partial charge in [0.25, 0.3) is 0 Å². The first-order valence-electron chi connectivity index (χ1n) is 10.2. The molecule has 2 N–H and O–H groups in total. The Labute approximate surface area is 172 Å². The van der Waals surface area contributed by atoms with Gasteiger partial charge in [-0.05, 0) is 30.4 Å². The number of nitrogens with zero attached hydrogens (tertiary/aromatic N) is 3. The van der Waals surface area contributed by atoms with E-state index in [-0.39, 0.29) is 18.0 Å². The number of carbonyl (C=O) groups excluding carboxylic acids is 2. The molecule has 0 atom stereocenters. The summed E-state index contributed by atoms with van der Waals surface area (Å²) in [4.78, 5) is 31.4. The number of hydrogen-bond acceptors (Lipinski definition) is 4. The van der Waals surface area contributed by atoms with Crippen molar-refractivity contribution in [2.45, 2.75) is 44.8 Å². The Morgan fingerprint density at radius 3 is 2.66 bits per heavy atom. The van der Waals surface area contributed by atoms with Gasteiger partial charge < -0.3 is 25.2 Å². The van der Waals surface area contributed by atoms with E-state index in [0.717, 1.165) is 42.9 Å². The summed E-state index contributed by atoms with van der Waals surface area (Å²) in [6.07, 6.45) is 3.08. The highest BCUT2D eigenvalue weighted by Gasteiger charge is 2.23. The summed E-state index contributed by atoms with van der Waals surface area (Å²) in [7, 11) is 3.17. The van der Waals surface area contributed by atoms with E-state index in [1.165, 1.54) is 7.11 Å². The maximum absolute atomic E-state index is 11.8. The maximum Gasteiger partial charge on any atom is 0.409 e. The van der Waals surface area contributed by atoms with Gasteiger partial charge in [0.2, 0.25) is 5.91 Å². The fourth-order valence-electron chi connectivity index (χ4n) is 3.84. The summed E-state index contributed by atoms with van der Waals surface area (Å²) in [6, 6.07) is 8.59. The zero-order valence-electron chi connectivity index (χ0n) is 17.3. The Balaban J connectivity index is 1.46. The van der Waals surface area contributed by atoms with Gasteiger partial charge in [-0.3, -0.25) is 9.79 Å². The molecule has 2 aliphatic heterocycles. The molecule has 0 saturated carbocycles. The van der Waals surface area contributed by atoms with Crippen LogP contribution in [0.3, 0.4) is 0 Å². The van der Waals surface area contributed by atoms with Crippen LogP contribution in [0.2, 0.25) is 0 Å². The van der Waals surface area contributed by atoms with Crippen molar-refractivity contribution >= 4 is 18.0 Å². The summed E-state index contributed by atoms with van der Waals surface area (Å²) in [6.45, 7) is 3.55. The van der Waals surface area contributed by atoms with Crippen LogP contribution in [0.5, 0.6) is 0 Å². The van der Waals surface area contributed by atoms with Crippen molar-refractivity contribution in [2.24, 2.45) is 4.99 Å². The number of guanidine groups is 1. The van der Waals surface area contributed by atoms with Gasteiger partial charge in [-0.15, -0.1) is 0 Å². The molecule has 8 nitrogen and oxygen atoms in total. The van der Waals surface area contributed by atoms with E-state index in [2.05, 4.69) is 33.8 Å². The van der Waals surface area contributed by atoms with E-state index in [9.17, 15) is 9.59 Å². The first-order chi connectivity index (χ1) is 14.1. The highest BCUT2D eigenvalue weighted by molar-refractivity contribution is 5.80. The van der Waals surface area contributed by atoms with E-state index >= 15 is 0 Å². The number of benzene rings is 1. The summed E-state index contributed by atoms with van der Waals surface area (Å²) in [5.41, 5.74) is 2.30. The molecule has 2 amide bonds. The second-order valence-electron chi connectivity index (χ2n) is 7.54. The zero-order chi connectivity index (χ0) is 20.6.